The molecule has 0 unspecified atom stereocenters. The van der Waals surface area contributed by atoms with Crippen LogP contribution < -0.4 is 0 Å². The fraction of sp³-hybridized carbons (Fsp3) is 0. The van der Waals surface area contributed by atoms with Gasteiger partial charge in [-0.1, -0.05) is 164 Å². The molecule has 3 heterocycles. The van der Waals surface area contributed by atoms with Gasteiger partial charge in [0.25, 0.3) is 0 Å². The van der Waals surface area contributed by atoms with Gasteiger partial charge in [0.05, 0.1) is 22.1 Å². The van der Waals surface area contributed by atoms with Crippen molar-refractivity contribution in [1.82, 2.24) is 24.1 Å². The summed E-state index contributed by atoms with van der Waals surface area (Å²) in [5, 5.41) is 9.20. The maximum atomic E-state index is 5.37. The van der Waals surface area contributed by atoms with Gasteiger partial charge in [-0.05, 0) is 69.1 Å². The summed E-state index contributed by atoms with van der Waals surface area (Å²) in [6.45, 7) is 0. The van der Waals surface area contributed by atoms with E-state index in [-0.39, 0.29) is 0 Å². The molecule has 0 bridgehead atoms. The van der Waals surface area contributed by atoms with Gasteiger partial charge in [0.1, 0.15) is 0 Å². The summed E-state index contributed by atoms with van der Waals surface area (Å²) in [6.07, 6.45) is 0. The molecule has 0 atom stereocenters. The summed E-state index contributed by atoms with van der Waals surface area (Å²) >= 11 is 0. The van der Waals surface area contributed by atoms with E-state index in [9.17, 15) is 0 Å². The fourth-order valence-electron chi connectivity index (χ4n) is 9.10. The molecule has 0 aliphatic heterocycles. The van der Waals surface area contributed by atoms with Gasteiger partial charge >= 0.3 is 0 Å². The lowest BCUT2D eigenvalue weighted by Gasteiger charge is -2.13. The predicted octanol–water partition coefficient (Wildman–Crippen LogP) is 13.4. The number of hydrogen-bond acceptors (Lipinski definition) is 3. The Morgan fingerprint density at radius 2 is 0.672 bits per heavy atom. The molecule has 5 nitrogen and oxygen atoms in total. The molecule has 270 valence electrons. The zero-order chi connectivity index (χ0) is 38.2. The van der Waals surface area contributed by atoms with Crippen molar-refractivity contribution in [3.05, 3.63) is 200 Å². The summed E-state index contributed by atoms with van der Waals surface area (Å²) in [4.78, 5) is 16.0. The van der Waals surface area contributed by atoms with Crippen LogP contribution in [0.3, 0.4) is 0 Å². The second-order valence-electron chi connectivity index (χ2n) is 14.8. The van der Waals surface area contributed by atoms with Gasteiger partial charge in [-0.15, -0.1) is 0 Å². The number of aromatic nitrogens is 5. The zero-order valence-electron chi connectivity index (χ0n) is 31.3. The first-order valence-electron chi connectivity index (χ1n) is 19.6. The average molecular weight is 740 g/mol. The van der Waals surface area contributed by atoms with Gasteiger partial charge in [-0.3, -0.25) is 4.57 Å². The minimum Gasteiger partial charge on any atom is -0.309 e. The number of fused-ring (bicyclic) bond motifs is 8. The van der Waals surface area contributed by atoms with Gasteiger partial charge in [-0.25, -0.2) is 4.98 Å². The Morgan fingerprint density at radius 3 is 1.24 bits per heavy atom. The Balaban J connectivity index is 1.17. The van der Waals surface area contributed by atoms with Crippen LogP contribution >= 0.6 is 0 Å². The van der Waals surface area contributed by atoms with Crippen molar-refractivity contribution in [2.24, 2.45) is 0 Å². The molecule has 0 aliphatic carbocycles. The first-order chi connectivity index (χ1) is 28.8. The highest BCUT2D eigenvalue weighted by molar-refractivity contribution is 6.22. The molecule has 58 heavy (non-hydrogen) atoms. The van der Waals surface area contributed by atoms with E-state index in [4.69, 9.17) is 15.0 Å². The van der Waals surface area contributed by atoms with Crippen molar-refractivity contribution in [3.63, 3.8) is 0 Å². The largest absolute Gasteiger partial charge is 0.309 e. The highest BCUT2D eigenvalue weighted by atomic mass is 15.2. The number of nitrogens with zero attached hydrogens (tertiary/aromatic N) is 5. The maximum absolute atomic E-state index is 5.37. The van der Waals surface area contributed by atoms with E-state index in [1.54, 1.807) is 0 Å². The lowest BCUT2D eigenvalue weighted by molar-refractivity contribution is 0.955. The zero-order valence-corrected chi connectivity index (χ0v) is 31.3. The molecular weight excluding hydrogens is 707 g/mol. The number of benzene rings is 9. The van der Waals surface area contributed by atoms with Crippen molar-refractivity contribution in [1.29, 1.82) is 0 Å². The third-order valence-corrected chi connectivity index (χ3v) is 11.6. The SMILES string of the molecule is c1ccc(-n2c3ccccc3c3c(-c4cccc5c4c4ccccc4n5-c4nc(-c5cccc6ccccc56)nc(-c5cccc6ccccc56)n4)cccc32)cc1. The van der Waals surface area contributed by atoms with Crippen LogP contribution in [0.15, 0.2) is 200 Å². The molecule has 0 saturated heterocycles. The molecule has 3 aromatic heterocycles. The highest BCUT2D eigenvalue weighted by Gasteiger charge is 2.23. The van der Waals surface area contributed by atoms with Gasteiger partial charge in [0.15, 0.2) is 11.6 Å². The van der Waals surface area contributed by atoms with E-state index in [1.807, 2.05) is 0 Å². The summed E-state index contributed by atoms with van der Waals surface area (Å²) in [5.41, 5.74) is 9.81. The van der Waals surface area contributed by atoms with Crippen LogP contribution in [-0.2, 0) is 0 Å². The van der Waals surface area contributed by atoms with Gasteiger partial charge in [0, 0.05) is 38.4 Å². The van der Waals surface area contributed by atoms with Crippen LogP contribution in [0.1, 0.15) is 0 Å². The minimum absolute atomic E-state index is 0.572. The number of rotatable bonds is 5. The topological polar surface area (TPSA) is 48.5 Å². The number of hydrogen-bond donors (Lipinski definition) is 0. The maximum Gasteiger partial charge on any atom is 0.238 e. The third kappa shape index (κ3) is 4.87. The Kier molecular flexibility index (Phi) is 7.16. The summed E-state index contributed by atoms with van der Waals surface area (Å²) in [6, 6.07) is 70.9. The fourth-order valence-corrected chi connectivity index (χ4v) is 9.10. The molecule has 9 aromatic carbocycles. The Labute approximate surface area is 333 Å². The highest BCUT2D eigenvalue weighted by Crippen LogP contribution is 2.44. The number of para-hydroxylation sites is 3. The molecule has 5 heteroatoms. The molecule has 0 aliphatic rings. The lowest BCUT2D eigenvalue weighted by atomic mass is 9.95. The molecular formula is C53H33N5. The van der Waals surface area contributed by atoms with Crippen molar-refractivity contribution in [2.75, 3.05) is 0 Å². The van der Waals surface area contributed by atoms with E-state index < -0.39 is 0 Å². The van der Waals surface area contributed by atoms with E-state index in [2.05, 4.69) is 209 Å². The summed E-state index contributed by atoms with van der Waals surface area (Å²) in [7, 11) is 0. The quantitative estimate of drug-likeness (QED) is 0.177. The van der Waals surface area contributed by atoms with Crippen LogP contribution in [-0.4, -0.2) is 24.1 Å². The normalized spacial score (nSPS) is 11.8. The van der Waals surface area contributed by atoms with Crippen LogP contribution in [0, 0.1) is 0 Å². The Hall–Kier alpha value is -7.89. The van der Waals surface area contributed by atoms with Gasteiger partial charge in [-0.2, -0.15) is 9.97 Å². The van der Waals surface area contributed by atoms with Crippen molar-refractivity contribution in [3.8, 4) is 45.5 Å². The van der Waals surface area contributed by atoms with Crippen LogP contribution in [0.5, 0.6) is 0 Å². The first-order valence-corrected chi connectivity index (χ1v) is 19.6. The standard InChI is InChI=1S/C53H33N5/c1-2-20-36(21-3-1)57-45-30-10-8-24-43(45)49-39(26-14-32-47(49)57)40-27-15-33-48-50(40)44-25-9-11-31-46(44)58(48)53-55-51(41-28-12-18-34-16-4-6-22-37(34)41)54-52(56-53)42-29-13-19-35-17-5-7-23-38(35)42/h1-33H. The molecule has 12 rings (SSSR count). The molecule has 0 radical (unpaired) electrons. The second kappa shape index (κ2) is 12.8. The molecule has 0 saturated carbocycles. The summed E-state index contributed by atoms with van der Waals surface area (Å²) in [5.74, 6) is 1.83. The Morgan fingerprint density at radius 1 is 0.276 bits per heavy atom. The lowest BCUT2D eigenvalue weighted by Crippen LogP contribution is -2.06. The minimum atomic E-state index is 0.572. The molecule has 0 amide bonds. The van der Waals surface area contributed by atoms with Crippen LogP contribution in [0.2, 0.25) is 0 Å². The van der Waals surface area contributed by atoms with E-state index in [0.29, 0.717) is 17.6 Å². The molecule has 0 N–H and O–H groups in total. The van der Waals surface area contributed by atoms with Crippen molar-refractivity contribution < 1.29 is 0 Å². The molecule has 0 spiro atoms. The first kappa shape index (κ1) is 32.4. The van der Waals surface area contributed by atoms with E-state index >= 15 is 0 Å². The molecule has 0 fully saturated rings. The summed E-state index contributed by atoms with van der Waals surface area (Å²) < 4.78 is 4.61. The van der Waals surface area contributed by atoms with Crippen molar-refractivity contribution >= 4 is 65.2 Å². The van der Waals surface area contributed by atoms with E-state index in [0.717, 1.165) is 65.7 Å². The predicted molar refractivity (Wildman–Crippen MR) is 240 cm³/mol. The second-order valence-corrected chi connectivity index (χ2v) is 14.8. The van der Waals surface area contributed by atoms with Crippen LogP contribution in [0.25, 0.3) is 111 Å². The van der Waals surface area contributed by atoms with Crippen molar-refractivity contribution in [2.45, 2.75) is 0 Å². The average Bonchev–Trinajstić information content (AvgIpc) is 3.82. The van der Waals surface area contributed by atoms with E-state index in [1.165, 1.54) is 27.4 Å². The monoisotopic (exact) mass is 739 g/mol. The third-order valence-electron chi connectivity index (χ3n) is 11.6. The smallest absolute Gasteiger partial charge is 0.238 e. The Bertz CT molecular complexity index is 3470. The van der Waals surface area contributed by atoms with Crippen LogP contribution in [0.4, 0.5) is 0 Å². The molecule has 12 aromatic rings. The van der Waals surface area contributed by atoms with Gasteiger partial charge in [0.2, 0.25) is 5.95 Å². The van der Waals surface area contributed by atoms with Gasteiger partial charge < -0.3 is 4.57 Å².